The van der Waals surface area contributed by atoms with Gasteiger partial charge in [0.15, 0.2) is 17.5 Å². The Labute approximate surface area is 179 Å². The van der Waals surface area contributed by atoms with E-state index >= 15 is 0 Å². The summed E-state index contributed by atoms with van der Waals surface area (Å²) in [5.41, 5.74) is 1.26. The molecular formula is C19H32IN3O2S. The Balaban J connectivity index is 0.00000338. The summed E-state index contributed by atoms with van der Waals surface area (Å²) in [5.74, 6) is 4.99. The van der Waals surface area contributed by atoms with Crippen LogP contribution in [0.5, 0.6) is 11.5 Å². The molecule has 7 heteroatoms. The van der Waals surface area contributed by atoms with Crippen LogP contribution in [0.15, 0.2) is 23.2 Å². The number of ether oxygens (including phenoxy) is 2. The molecule has 0 bridgehead atoms. The minimum absolute atomic E-state index is 0. The van der Waals surface area contributed by atoms with Crippen LogP contribution in [0, 0.1) is 0 Å². The van der Waals surface area contributed by atoms with Gasteiger partial charge in [0, 0.05) is 25.4 Å². The number of nitrogens with one attached hydrogen (secondary N) is 2. The highest BCUT2D eigenvalue weighted by Gasteiger charge is 2.14. The Morgan fingerprint density at radius 1 is 1.35 bits per heavy atom. The van der Waals surface area contributed by atoms with E-state index in [9.17, 15) is 0 Å². The van der Waals surface area contributed by atoms with E-state index in [1.54, 1.807) is 7.11 Å². The lowest BCUT2D eigenvalue weighted by atomic mass is 10.1. The topological polar surface area (TPSA) is 54.9 Å². The maximum atomic E-state index is 5.64. The quantitative estimate of drug-likeness (QED) is 0.250. The average molecular weight is 493 g/mol. The summed E-state index contributed by atoms with van der Waals surface area (Å²) in [6.07, 6.45) is 4.56. The van der Waals surface area contributed by atoms with Crippen molar-refractivity contribution in [2.24, 2.45) is 4.99 Å². The molecule has 1 saturated heterocycles. The third-order valence-electron chi connectivity index (χ3n) is 4.19. The van der Waals surface area contributed by atoms with E-state index in [0.717, 1.165) is 36.8 Å². The van der Waals surface area contributed by atoms with Gasteiger partial charge in [-0.05, 0) is 56.1 Å². The van der Waals surface area contributed by atoms with Gasteiger partial charge in [-0.15, -0.1) is 24.0 Å². The summed E-state index contributed by atoms with van der Waals surface area (Å²) in [4.78, 5) is 4.34. The molecule has 1 aromatic rings. The largest absolute Gasteiger partial charge is 0.493 e. The fourth-order valence-electron chi connectivity index (χ4n) is 2.89. The minimum atomic E-state index is 0. The maximum Gasteiger partial charge on any atom is 0.191 e. The zero-order chi connectivity index (χ0) is 17.9. The number of nitrogens with zero attached hydrogens (tertiary/aromatic N) is 1. The van der Waals surface area contributed by atoms with Crippen molar-refractivity contribution in [3.63, 3.8) is 0 Å². The molecule has 2 rings (SSSR count). The first kappa shape index (κ1) is 23.2. The van der Waals surface area contributed by atoms with Gasteiger partial charge in [-0.1, -0.05) is 6.07 Å². The molecule has 1 aliphatic rings. The van der Waals surface area contributed by atoms with Gasteiger partial charge in [0.05, 0.1) is 13.7 Å². The predicted molar refractivity (Wildman–Crippen MR) is 123 cm³/mol. The molecule has 0 amide bonds. The van der Waals surface area contributed by atoms with Crippen LogP contribution in [0.3, 0.4) is 0 Å². The van der Waals surface area contributed by atoms with Crippen LogP contribution in [0.1, 0.15) is 31.7 Å². The zero-order valence-electron chi connectivity index (χ0n) is 16.0. The molecule has 1 fully saturated rings. The van der Waals surface area contributed by atoms with Gasteiger partial charge in [-0.3, -0.25) is 4.99 Å². The van der Waals surface area contributed by atoms with Crippen molar-refractivity contribution < 1.29 is 9.47 Å². The fourth-order valence-corrected chi connectivity index (χ4v) is 3.96. The number of halogens is 1. The summed E-state index contributed by atoms with van der Waals surface area (Å²) < 4.78 is 11.0. The molecule has 0 saturated carbocycles. The summed E-state index contributed by atoms with van der Waals surface area (Å²) in [7, 11) is 3.51. The van der Waals surface area contributed by atoms with E-state index in [2.05, 4.69) is 27.8 Å². The minimum Gasteiger partial charge on any atom is -0.493 e. The van der Waals surface area contributed by atoms with E-state index in [4.69, 9.17) is 9.47 Å². The second-order valence-electron chi connectivity index (χ2n) is 6.08. The normalized spacial score (nSPS) is 17.2. The predicted octanol–water partition coefficient (Wildman–Crippen LogP) is 3.71. The number of hydrogen-bond donors (Lipinski definition) is 2. The van der Waals surface area contributed by atoms with Crippen LogP contribution >= 0.6 is 35.7 Å². The number of guanidine groups is 1. The van der Waals surface area contributed by atoms with Crippen LogP contribution in [0.4, 0.5) is 0 Å². The van der Waals surface area contributed by atoms with E-state index in [0.29, 0.717) is 12.6 Å². The van der Waals surface area contributed by atoms with Gasteiger partial charge in [-0.2, -0.15) is 11.8 Å². The van der Waals surface area contributed by atoms with Crippen molar-refractivity contribution in [3.8, 4) is 11.5 Å². The Bertz CT molecular complexity index is 552. The van der Waals surface area contributed by atoms with Gasteiger partial charge in [0.1, 0.15) is 0 Å². The molecule has 1 atom stereocenters. The molecular weight excluding hydrogens is 461 g/mol. The molecule has 0 spiro atoms. The van der Waals surface area contributed by atoms with Crippen molar-refractivity contribution in [2.75, 3.05) is 38.8 Å². The van der Waals surface area contributed by atoms with Gasteiger partial charge in [0.2, 0.25) is 0 Å². The fraction of sp³-hybridized carbons (Fsp3) is 0.632. The summed E-state index contributed by atoms with van der Waals surface area (Å²) in [6, 6.07) is 6.71. The highest BCUT2D eigenvalue weighted by Crippen LogP contribution is 2.28. The van der Waals surface area contributed by atoms with E-state index in [1.165, 1.54) is 29.9 Å². The molecule has 1 unspecified atom stereocenters. The van der Waals surface area contributed by atoms with Crippen molar-refractivity contribution in [2.45, 2.75) is 38.6 Å². The number of methoxy groups -OCH3 is 1. The molecule has 5 nitrogen and oxygen atoms in total. The zero-order valence-corrected chi connectivity index (χ0v) is 19.2. The first-order chi connectivity index (χ1) is 12.3. The molecule has 0 radical (unpaired) electrons. The average Bonchev–Trinajstić information content (AvgIpc) is 2.65. The summed E-state index contributed by atoms with van der Waals surface area (Å²) in [6.45, 7) is 3.53. The Kier molecular flexibility index (Phi) is 11.9. The summed E-state index contributed by atoms with van der Waals surface area (Å²) >= 11 is 2.02. The molecule has 148 valence electrons. The number of hydrogen-bond acceptors (Lipinski definition) is 4. The highest BCUT2D eigenvalue weighted by molar-refractivity contribution is 14.0. The monoisotopic (exact) mass is 493 g/mol. The van der Waals surface area contributed by atoms with Gasteiger partial charge in [-0.25, -0.2) is 0 Å². The van der Waals surface area contributed by atoms with Gasteiger partial charge >= 0.3 is 0 Å². The third kappa shape index (κ3) is 7.82. The Morgan fingerprint density at radius 2 is 2.19 bits per heavy atom. The molecule has 2 N–H and O–H groups in total. The smallest absolute Gasteiger partial charge is 0.191 e. The maximum absolute atomic E-state index is 5.64. The van der Waals surface area contributed by atoms with Crippen molar-refractivity contribution in [1.82, 2.24) is 10.6 Å². The number of benzene rings is 1. The lowest BCUT2D eigenvalue weighted by molar-refractivity contribution is 0.310. The molecule has 1 aliphatic heterocycles. The summed E-state index contributed by atoms with van der Waals surface area (Å²) in [5, 5.41) is 6.95. The lowest BCUT2D eigenvalue weighted by Gasteiger charge is -2.24. The standard InChI is InChI=1S/C19H31N3O2S.HI/c1-4-24-18-13-15(9-10-17(18)23-3)7-5-11-21-19(20-2)22-16-8-6-12-25-14-16;/h9-10,13,16H,4-8,11-12,14H2,1-3H3,(H2,20,21,22);1H. The van der Waals surface area contributed by atoms with E-state index < -0.39 is 0 Å². The number of aryl methyl sites for hydroxylation is 1. The molecule has 1 aromatic carbocycles. The first-order valence-corrected chi connectivity index (χ1v) is 10.3. The van der Waals surface area contributed by atoms with Crippen LogP contribution < -0.4 is 20.1 Å². The number of rotatable bonds is 8. The van der Waals surface area contributed by atoms with Crippen molar-refractivity contribution in [3.05, 3.63) is 23.8 Å². The molecule has 0 aromatic heterocycles. The third-order valence-corrected chi connectivity index (χ3v) is 5.40. The van der Waals surface area contributed by atoms with E-state index in [1.807, 2.05) is 31.8 Å². The first-order valence-electron chi connectivity index (χ1n) is 9.11. The van der Waals surface area contributed by atoms with Gasteiger partial charge < -0.3 is 20.1 Å². The van der Waals surface area contributed by atoms with Gasteiger partial charge in [0.25, 0.3) is 0 Å². The second-order valence-corrected chi connectivity index (χ2v) is 7.23. The van der Waals surface area contributed by atoms with Crippen LogP contribution in [0.25, 0.3) is 0 Å². The lowest BCUT2D eigenvalue weighted by Crippen LogP contribution is -2.45. The molecule has 26 heavy (non-hydrogen) atoms. The SMILES string of the molecule is CCOc1cc(CCCNC(=NC)NC2CCCSC2)ccc1OC.I. The van der Waals surface area contributed by atoms with Crippen molar-refractivity contribution in [1.29, 1.82) is 0 Å². The van der Waals surface area contributed by atoms with E-state index in [-0.39, 0.29) is 24.0 Å². The van der Waals surface area contributed by atoms with Crippen LogP contribution in [-0.2, 0) is 6.42 Å². The Morgan fingerprint density at radius 3 is 2.85 bits per heavy atom. The molecule has 1 heterocycles. The van der Waals surface area contributed by atoms with Crippen LogP contribution in [0.2, 0.25) is 0 Å². The molecule has 0 aliphatic carbocycles. The number of thioether (sulfide) groups is 1. The van der Waals surface area contributed by atoms with Crippen LogP contribution in [-0.4, -0.2) is 50.8 Å². The number of aliphatic imine (C=N–C) groups is 1. The Hall–Kier alpha value is -0.830. The second kappa shape index (κ2) is 13.4. The highest BCUT2D eigenvalue weighted by atomic mass is 127. The van der Waals surface area contributed by atoms with Crippen molar-refractivity contribution >= 4 is 41.7 Å².